The van der Waals surface area contributed by atoms with Gasteiger partial charge in [0.15, 0.2) is 0 Å². The Hall–Kier alpha value is -0.0800. The predicted octanol–water partition coefficient (Wildman–Crippen LogP) is 3.75. The van der Waals surface area contributed by atoms with Gasteiger partial charge in [-0.3, -0.25) is 0 Å². The molecule has 86 valence electrons. The molecule has 0 spiro atoms. The van der Waals surface area contributed by atoms with E-state index in [9.17, 15) is 0 Å². The topological polar surface area (TPSA) is 18.5 Å². The Morgan fingerprint density at radius 1 is 0.929 bits per heavy atom. The van der Waals surface area contributed by atoms with Crippen molar-refractivity contribution in [3.05, 3.63) is 0 Å². The van der Waals surface area contributed by atoms with Crippen molar-refractivity contribution in [1.29, 1.82) is 0 Å². The average Bonchev–Trinajstić information content (AvgIpc) is 2.15. The maximum absolute atomic E-state index is 5.33. The third-order valence-electron chi connectivity index (χ3n) is 2.13. The molecule has 2 nitrogen and oxygen atoms in total. The molecule has 0 aliphatic rings. The molecule has 0 bridgehead atoms. The van der Waals surface area contributed by atoms with E-state index in [1.807, 2.05) is 13.8 Å². The lowest BCUT2D eigenvalue weighted by Crippen LogP contribution is -2.07. The van der Waals surface area contributed by atoms with E-state index in [1.54, 1.807) is 0 Å². The number of unbranched alkanes of at least 4 members (excludes halogenated alkanes) is 5. The molecule has 0 aliphatic heterocycles. The van der Waals surface area contributed by atoms with Gasteiger partial charge in [0.2, 0.25) is 0 Å². The third-order valence-corrected chi connectivity index (χ3v) is 2.13. The Morgan fingerprint density at radius 3 is 2.21 bits per heavy atom. The molecule has 0 aliphatic carbocycles. The van der Waals surface area contributed by atoms with E-state index >= 15 is 0 Å². The molecule has 0 aromatic carbocycles. The van der Waals surface area contributed by atoms with Crippen LogP contribution in [-0.4, -0.2) is 19.5 Å². The molecule has 0 radical (unpaired) electrons. The zero-order valence-electron chi connectivity index (χ0n) is 10.1. The van der Waals surface area contributed by atoms with Crippen LogP contribution in [0.3, 0.4) is 0 Å². The fourth-order valence-corrected chi connectivity index (χ4v) is 1.23. The quantitative estimate of drug-likeness (QED) is 0.397. The predicted molar refractivity (Wildman–Crippen MR) is 60.4 cm³/mol. The van der Waals surface area contributed by atoms with Gasteiger partial charge in [-0.15, -0.1) is 0 Å². The minimum atomic E-state index is 0.277. The second kappa shape index (κ2) is 11.0. The van der Waals surface area contributed by atoms with Crippen molar-refractivity contribution in [3.63, 3.8) is 0 Å². The van der Waals surface area contributed by atoms with E-state index in [0.717, 1.165) is 6.61 Å². The summed E-state index contributed by atoms with van der Waals surface area (Å²) in [6, 6.07) is 0. The zero-order chi connectivity index (χ0) is 10.6. The standard InChI is InChI=1S/C12H26O2/c1-4-5-6-7-8-9-10-13-11-14-12(2)3/h12H,4-11H2,1-3H3. The first-order chi connectivity index (χ1) is 6.77. The van der Waals surface area contributed by atoms with Crippen molar-refractivity contribution in [2.75, 3.05) is 13.4 Å². The molecule has 0 aromatic heterocycles. The van der Waals surface area contributed by atoms with E-state index < -0.39 is 0 Å². The van der Waals surface area contributed by atoms with Crippen molar-refractivity contribution in [1.82, 2.24) is 0 Å². The summed E-state index contributed by atoms with van der Waals surface area (Å²) in [7, 11) is 0. The van der Waals surface area contributed by atoms with Crippen LogP contribution in [0.4, 0.5) is 0 Å². The van der Waals surface area contributed by atoms with Crippen LogP contribution in [0.25, 0.3) is 0 Å². The summed E-state index contributed by atoms with van der Waals surface area (Å²) in [5, 5.41) is 0. The largest absolute Gasteiger partial charge is 0.355 e. The second-order valence-corrected chi connectivity index (χ2v) is 4.01. The lowest BCUT2D eigenvalue weighted by molar-refractivity contribution is -0.0790. The Bertz CT molecular complexity index is 102. The Balaban J connectivity index is 2.85. The van der Waals surface area contributed by atoms with Crippen LogP contribution in [0.5, 0.6) is 0 Å². The van der Waals surface area contributed by atoms with Crippen LogP contribution in [0, 0.1) is 0 Å². The highest BCUT2D eigenvalue weighted by Crippen LogP contribution is 2.04. The molecule has 2 heteroatoms. The molecule has 0 rings (SSSR count). The molecule has 0 aromatic rings. The highest BCUT2D eigenvalue weighted by Gasteiger charge is 1.93. The molecule has 14 heavy (non-hydrogen) atoms. The summed E-state index contributed by atoms with van der Waals surface area (Å²) in [6.07, 6.45) is 8.16. The number of hydrogen-bond donors (Lipinski definition) is 0. The number of ether oxygens (including phenoxy) is 2. The maximum Gasteiger partial charge on any atom is 0.147 e. The Labute approximate surface area is 89.0 Å². The summed E-state index contributed by atoms with van der Waals surface area (Å²) in [5.41, 5.74) is 0. The van der Waals surface area contributed by atoms with E-state index in [-0.39, 0.29) is 6.10 Å². The van der Waals surface area contributed by atoms with Crippen LogP contribution >= 0.6 is 0 Å². The molecule has 0 saturated carbocycles. The van der Waals surface area contributed by atoms with Gasteiger partial charge in [-0.1, -0.05) is 39.0 Å². The van der Waals surface area contributed by atoms with Crippen molar-refractivity contribution in [2.24, 2.45) is 0 Å². The van der Waals surface area contributed by atoms with Crippen LogP contribution in [0.2, 0.25) is 0 Å². The molecule has 0 N–H and O–H groups in total. The molecular formula is C12H26O2. The fraction of sp³-hybridized carbons (Fsp3) is 1.00. The Morgan fingerprint density at radius 2 is 1.57 bits per heavy atom. The lowest BCUT2D eigenvalue weighted by atomic mass is 10.1. The van der Waals surface area contributed by atoms with E-state index in [4.69, 9.17) is 9.47 Å². The minimum absolute atomic E-state index is 0.277. The van der Waals surface area contributed by atoms with Crippen molar-refractivity contribution < 1.29 is 9.47 Å². The van der Waals surface area contributed by atoms with Gasteiger partial charge in [-0.05, 0) is 20.3 Å². The normalized spacial score (nSPS) is 11.1. The average molecular weight is 202 g/mol. The lowest BCUT2D eigenvalue weighted by Gasteiger charge is -2.07. The molecular weight excluding hydrogens is 176 g/mol. The summed E-state index contributed by atoms with van der Waals surface area (Å²) in [4.78, 5) is 0. The van der Waals surface area contributed by atoms with Crippen LogP contribution in [0.15, 0.2) is 0 Å². The molecule has 0 heterocycles. The molecule has 0 atom stereocenters. The molecule has 0 amide bonds. The van der Waals surface area contributed by atoms with Gasteiger partial charge in [0.1, 0.15) is 6.79 Å². The van der Waals surface area contributed by atoms with Crippen molar-refractivity contribution in [2.45, 2.75) is 65.4 Å². The van der Waals surface area contributed by atoms with E-state index in [2.05, 4.69) is 6.92 Å². The van der Waals surface area contributed by atoms with E-state index in [1.165, 1.54) is 38.5 Å². The van der Waals surface area contributed by atoms with Crippen molar-refractivity contribution >= 4 is 0 Å². The third kappa shape index (κ3) is 11.9. The van der Waals surface area contributed by atoms with Gasteiger partial charge in [0.25, 0.3) is 0 Å². The first kappa shape index (κ1) is 13.9. The second-order valence-electron chi connectivity index (χ2n) is 4.01. The number of rotatable bonds is 10. The first-order valence-corrected chi connectivity index (χ1v) is 5.96. The zero-order valence-corrected chi connectivity index (χ0v) is 10.1. The summed E-state index contributed by atoms with van der Waals surface area (Å²) < 4.78 is 10.6. The van der Waals surface area contributed by atoms with Gasteiger partial charge >= 0.3 is 0 Å². The SMILES string of the molecule is CCCCCCCCOCOC(C)C. The molecule has 0 unspecified atom stereocenters. The van der Waals surface area contributed by atoms with Crippen LogP contribution in [-0.2, 0) is 9.47 Å². The van der Waals surface area contributed by atoms with Crippen LogP contribution < -0.4 is 0 Å². The highest BCUT2D eigenvalue weighted by molar-refractivity contribution is 4.42. The van der Waals surface area contributed by atoms with Gasteiger partial charge in [-0.2, -0.15) is 0 Å². The summed E-state index contributed by atoms with van der Waals surface area (Å²) >= 11 is 0. The maximum atomic E-state index is 5.33. The van der Waals surface area contributed by atoms with Gasteiger partial charge < -0.3 is 9.47 Å². The fourth-order valence-electron chi connectivity index (χ4n) is 1.23. The van der Waals surface area contributed by atoms with Gasteiger partial charge in [-0.25, -0.2) is 0 Å². The minimum Gasteiger partial charge on any atom is -0.355 e. The van der Waals surface area contributed by atoms with E-state index in [0.29, 0.717) is 6.79 Å². The highest BCUT2D eigenvalue weighted by atomic mass is 16.7. The number of hydrogen-bond acceptors (Lipinski definition) is 2. The summed E-state index contributed by atoms with van der Waals surface area (Å²) in [6.45, 7) is 7.58. The van der Waals surface area contributed by atoms with Crippen LogP contribution in [0.1, 0.15) is 59.3 Å². The monoisotopic (exact) mass is 202 g/mol. The summed E-state index contributed by atoms with van der Waals surface area (Å²) in [5.74, 6) is 0. The molecule has 0 fully saturated rings. The van der Waals surface area contributed by atoms with Crippen molar-refractivity contribution in [3.8, 4) is 0 Å². The first-order valence-electron chi connectivity index (χ1n) is 5.96. The molecule has 0 saturated heterocycles. The smallest absolute Gasteiger partial charge is 0.147 e. The Kier molecular flexibility index (Phi) is 10.9. The van der Waals surface area contributed by atoms with Gasteiger partial charge in [0.05, 0.1) is 6.10 Å². The van der Waals surface area contributed by atoms with Gasteiger partial charge in [0, 0.05) is 6.61 Å².